The van der Waals surface area contributed by atoms with Crippen LogP contribution in [0.1, 0.15) is 18.1 Å². The Morgan fingerprint density at radius 3 is 2.62 bits per heavy atom. The van der Waals surface area contributed by atoms with Crippen molar-refractivity contribution in [1.82, 2.24) is 15.1 Å². The number of nitrogens with zero attached hydrogens (tertiary/aromatic N) is 3. The number of carbonyl (C=O) groups is 1. The highest BCUT2D eigenvalue weighted by Crippen LogP contribution is 2.20. The number of rotatable bonds is 4. The Balaban J connectivity index is 1.47. The SMILES string of the molecule is CCNC(=O)N1CCOC(CN2CCN(c3ccc(C)c(C)c3)CC2)C1. The monoisotopic (exact) mass is 360 g/mol. The van der Waals surface area contributed by atoms with Gasteiger partial charge in [-0.2, -0.15) is 0 Å². The van der Waals surface area contributed by atoms with Gasteiger partial charge in [-0.25, -0.2) is 4.79 Å². The Morgan fingerprint density at radius 1 is 1.15 bits per heavy atom. The van der Waals surface area contributed by atoms with Crippen molar-refractivity contribution < 1.29 is 9.53 Å². The molecule has 0 aliphatic carbocycles. The first-order valence-corrected chi connectivity index (χ1v) is 9.75. The lowest BCUT2D eigenvalue weighted by atomic mass is 10.1. The number of aryl methyl sites for hydroxylation is 2. The second-order valence-electron chi connectivity index (χ2n) is 7.33. The third-order valence-electron chi connectivity index (χ3n) is 5.44. The molecule has 3 rings (SSSR count). The highest BCUT2D eigenvalue weighted by molar-refractivity contribution is 5.74. The summed E-state index contributed by atoms with van der Waals surface area (Å²) >= 11 is 0. The molecule has 6 nitrogen and oxygen atoms in total. The summed E-state index contributed by atoms with van der Waals surface area (Å²) in [7, 11) is 0. The Bertz CT molecular complexity index is 614. The summed E-state index contributed by atoms with van der Waals surface area (Å²) in [4.78, 5) is 18.8. The average Bonchev–Trinajstić information content (AvgIpc) is 2.65. The molecule has 2 amide bonds. The minimum atomic E-state index is 0.0281. The molecule has 0 saturated carbocycles. The maximum atomic E-state index is 12.0. The van der Waals surface area contributed by atoms with E-state index in [-0.39, 0.29) is 12.1 Å². The zero-order valence-electron chi connectivity index (χ0n) is 16.3. The summed E-state index contributed by atoms with van der Waals surface area (Å²) in [6.45, 7) is 14.0. The Labute approximate surface area is 157 Å². The van der Waals surface area contributed by atoms with Crippen LogP contribution in [0.15, 0.2) is 18.2 Å². The molecule has 0 radical (unpaired) electrons. The van der Waals surface area contributed by atoms with Crippen LogP contribution < -0.4 is 10.2 Å². The molecule has 2 saturated heterocycles. The fraction of sp³-hybridized carbons (Fsp3) is 0.650. The normalized spacial score (nSPS) is 21.7. The third-order valence-corrected chi connectivity index (χ3v) is 5.44. The average molecular weight is 361 g/mol. The number of morpholine rings is 1. The fourth-order valence-electron chi connectivity index (χ4n) is 3.68. The van der Waals surface area contributed by atoms with Gasteiger partial charge in [0, 0.05) is 58.0 Å². The second-order valence-corrected chi connectivity index (χ2v) is 7.33. The standard InChI is InChI=1S/C20H32N4O2/c1-4-21-20(25)24-11-12-26-19(15-24)14-22-7-9-23(10-8-22)18-6-5-16(2)17(3)13-18/h5-6,13,19H,4,7-12,14-15H2,1-3H3,(H,21,25). The molecular weight excluding hydrogens is 328 g/mol. The molecule has 2 heterocycles. The van der Waals surface area contributed by atoms with E-state index in [0.29, 0.717) is 26.2 Å². The molecule has 1 unspecified atom stereocenters. The summed E-state index contributed by atoms with van der Waals surface area (Å²) in [6.07, 6.45) is 0.111. The molecular formula is C20H32N4O2. The molecule has 6 heteroatoms. The van der Waals surface area contributed by atoms with Gasteiger partial charge in [0.2, 0.25) is 0 Å². The van der Waals surface area contributed by atoms with Gasteiger partial charge in [0.1, 0.15) is 0 Å². The number of benzene rings is 1. The van der Waals surface area contributed by atoms with Crippen molar-refractivity contribution >= 4 is 11.7 Å². The maximum Gasteiger partial charge on any atom is 0.317 e. The number of hydrogen-bond donors (Lipinski definition) is 1. The number of anilines is 1. The molecule has 144 valence electrons. The maximum absolute atomic E-state index is 12.0. The van der Waals surface area contributed by atoms with Crippen molar-refractivity contribution in [2.75, 3.05) is 63.9 Å². The Morgan fingerprint density at radius 2 is 1.92 bits per heavy atom. The van der Waals surface area contributed by atoms with Crippen molar-refractivity contribution in [1.29, 1.82) is 0 Å². The van der Waals surface area contributed by atoms with E-state index >= 15 is 0 Å². The predicted molar refractivity (Wildman–Crippen MR) is 105 cm³/mol. The van der Waals surface area contributed by atoms with Gasteiger partial charge in [-0.05, 0) is 44.0 Å². The summed E-state index contributed by atoms with van der Waals surface area (Å²) in [6, 6.07) is 6.76. The quantitative estimate of drug-likeness (QED) is 0.890. The fourth-order valence-corrected chi connectivity index (χ4v) is 3.68. The number of urea groups is 1. The molecule has 1 aromatic rings. The molecule has 0 aromatic heterocycles. The highest BCUT2D eigenvalue weighted by atomic mass is 16.5. The lowest BCUT2D eigenvalue weighted by Crippen LogP contribution is -2.54. The molecule has 1 atom stereocenters. The van der Waals surface area contributed by atoms with E-state index in [1.54, 1.807) is 0 Å². The van der Waals surface area contributed by atoms with Crippen molar-refractivity contribution in [3.63, 3.8) is 0 Å². The first-order valence-electron chi connectivity index (χ1n) is 9.75. The number of amides is 2. The van der Waals surface area contributed by atoms with E-state index in [2.05, 4.69) is 47.2 Å². The summed E-state index contributed by atoms with van der Waals surface area (Å²) < 4.78 is 5.90. The smallest absolute Gasteiger partial charge is 0.317 e. The van der Waals surface area contributed by atoms with Gasteiger partial charge < -0.3 is 19.9 Å². The number of ether oxygens (including phenoxy) is 1. The van der Waals surface area contributed by atoms with Crippen molar-refractivity contribution in [2.45, 2.75) is 26.9 Å². The minimum Gasteiger partial charge on any atom is -0.373 e. The molecule has 1 aromatic carbocycles. The van der Waals surface area contributed by atoms with Crippen molar-refractivity contribution in [2.24, 2.45) is 0 Å². The topological polar surface area (TPSA) is 48.1 Å². The van der Waals surface area contributed by atoms with Gasteiger partial charge in [0.15, 0.2) is 0 Å². The summed E-state index contributed by atoms with van der Waals surface area (Å²) in [5, 5.41) is 2.88. The van der Waals surface area contributed by atoms with Crippen molar-refractivity contribution in [3.8, 4) is 0 Å². The zero-order valence-corrected chi connectivity index (χ0v) is 16.3. The van der Waals surface area contributed by atoms with Gasteiger partial charge in [0.25, 0.3) is 0 Å². The number of piperazine rings is 1. The van der Waals surface area contributed by atoms with Crippen LogP contribution in [-0.4, -0.2) is 80.9 Å². The lowest BCUT2D eigenvalue weighted by Gasteiger charge is -2.40. The Kier molecular flexibility index (Phi) is 6.38. The molecule has 0 spiro atoms. The van der Waals surface area contributed by atoms with Crippen LogP contribution in [0.2, 0.25) is 0 Å². The van der Waals surface area contributed by atoms with Gasteiger partial charge >= 0.3 is 6.03 Å². The predicted octanol–water partition coefficient (Wildman–Crippen LogP) is 1.86. The first kappa shape index (κ1) is 19.0. The minimum absolute atomic E-state index is 0.0281. The first-order chi connectivity index (χ1) is 12.6. The molecule has 26 heavy (non-hydrogen) atoms. The summed E-state index contributed by atoms with van der Waals surface area (Å²) in [5.41, 5.74) is 4.02. The van der Waals surface area contributed by atoms with Crippen molar-refractivity contribution in [3.05, 3.63) is 29.3 Å². The van der Waals surface area contributed by atoms with Gasteiger partial charge in [-0.3, -0.25) is 4.90 Å². The van der Waals surface area contributed by atoms with E-state index in [9.17, 15) is 4.79 Å². The number of carbonyl (C=O) groups excluding carboxylic acids is 1. The molecule has 2 aliphatic rings. The number of nitrogens with one attached hydrogen (secondary N) is 1. The van der Waals surface area contributed by atoms with E-state index in [1.807, 2.05) is 11.8 Å². The molecule has 2 fully saturated rings. The van der Waals surface area contributed by atoms with Crippen LogP contribution in [0.5, 0.6) is 0 Å². The third kappa shape index (κ3) is 4.68. The van der Waals surface area contributed by atoms with Gasteiger partial charge in [0.05, 0.1) is 12.7 Å². The molecule has 1 N–H and O–H groups in total. The van der Waals surface area contributed by atoms with Crippen LogP contribution in [-0.2, 0) is 4.74 Å². The molecule has 2 aliphatic heterocycles. The van der Waals surface area contributed by atoms with Crippen LogP contribution in [0.25, 0.3) is 0 Å². The van der Waals surface area contributed by atoms with Crippen LogP contribution in [0.3, 0.4) is 0 Å². The second kappa shape index (κ2) is 8.73. The van der Waals surface area contributed by atoms with Crippen LogP contribution >= 0.6 is 0 Å². The largest absolute Gasteiger partial charge is 0.373 e. The van der Waals surface area contributed by atoms with E-state index in [0.717, 1.165) is 32.7 Å². The van der Waals surface area contributed by atoms with Gasteiger partial charge in [-0.1, -0.05) is 6.07 Å². The van der Waals surface area contributed by atoms with Crippen LogP contribution in [0, 0.1) is 13.8 Å². The van der Waals surface area contributed by atoms with E-state index < -0.39 is 0 Å². The Hall–Kier alpha value is -1.79. The van der Waals surface area contributed by atoms with E-state index in [4.69, 9.17) is 4.74 Å². The lowest BCUT2D eigenvalue weighted by molar-refractivity contribution is -0.0310. The zero-order chi connectivity index (χ0) is 18.5. The number of hydrogen-bond acceptors (Lipinski definition) is 4. The van der Waals surface area contributed by atoms with E-state index in [1.165, 1.54) is 16.8 Å². The molecule has 0 bridgehead atoms. The van der Waals surface area contributed by atoms with Gasteiger partial charge in [-0.15, -0.1) is 0 Å². The highest BCUT2D eigenvalue weighted by Gasteiger charge is 2.27. The summed E-state index contributed by atoms with van der Waals surface area (Å²) in [5.74, 6) is 0. The van der Waals surface area contributed by atoms with Crippen LogP contribution in [0.4, 0.5) is 10.5 Å².